The number of carbonyl (C=O) groups is 2. The number of aryl methyl sites for hydroxylation is 1. The third-order valence-electron chi connectivity index (χ3n) is 5.79. The monoisotopic (exact) mass is 490 g/mol. The average molecular weight is 491 g/mol. The molecule has 3 aromatic carbocycles. The van der Waals surface area contributed by atoms with E-state index in [0.29, 0.717) is 29.2 Å². The summed E-state index contributed by atoms with van der Waals surface area (Å²) in [5.41, 5.74) is 5.14. The first-order valence-corrected chi connectivity index (χ1v) is 11.5. The second kappa shape index (κ2) is 8.97. The van der Waals surface area contributed by atoms with Gasteiger partial charge in [-0.3, -0.25) is 14.3 Å². The number of anilines is 2. The van der Waals surface area contributed by atoms with E-state index in [-0.39, 0.29) is 22.4 Å². The minimum atomic E-state index is -0.376. The Bertz CT molecular complexity index is 1410. The number of nitrogens with zero attached hydrogens (tertiary/aromatic N) is 3. The van der Waals surface area contributed by atoms with Gasteiger partial charge < -0.3 is 10.2 Å². The molecule has 0 saturated carbocycles. The maximum Gasteiger partial charge on any atom is 0.258 e. The molecule has 6 nitrogen and oxygen atoms in total. The van der Waals surface area contributed by atoms with Crippen molar-refractivity contribution < 1.29 is 9.59 Å². The van der Waals surface area contributed by atoms with E-state index in [1.807, 2.05) is 42.2 Å². The minimum absolute atomic E-state index is 0.113. The number of fused-ring (bicyclic) bond motifs is 3. The van der Waals surface area contributed by atoms with Crippen molar-refractivity contribution in [3.05, 3.63) is 99.7 Å². The standard InChI is InChI=1S/C26H20Cl2N4O2/c1-31-15-17-13-14-32(22-8-3-2-5-19(22)24(17)30-31)26(34)16-9-11-18(12-10-16)29-25(33)20-6-4-7-21(27)23(20)28/h2-12,15H,13-14H2,1H3,(H,29,33). The Kier molecular flexibility index (Phi) is 5.86. The SMILES string of the molecule is Cn1cc2c(n1)-c1ccccc1N(C(=O)c1ccc(NC(=O)c3cccc(Cl)c3Cl)cc1)CC2. The summed E-state index contributed by atoms with van der Waals surface area (Å²) in [4.78, 5) is 27.9. The van der Waals surface area contributed by atoms with Crippen LogP contribution in [0.5, 0.6) is 0 Å². The Labute approximate surface area is 206 Å². The summed E-state index contributed by atoms with van der Waals surface area (Å²) in [6, 6.07) is 19.5. The fraction of sp³-hybridized carbons (Fsp3) is 0.115. The van der Waals surface area contributed by atoms with Gasteiger partial charge in [0, 0.05) is 36.6 Å². The van der Waals surface area contributed by atoms with Crippen LogP contribution in [0.1, 0.15) is 26.3 Å². The number of hydrogen-bond acceptors (Lipinski definition) is 3. The molecular formula is C26H20Cl2N4O2. The molecule has 0 radical (unpaired) electrons. The summed E-state index contributed by atoms with van der Waals surface area (Å²) in [5.74, 6) is -0.490. The molecule has 0 fully saturated rings. The Morgan fingerprint density at radius 1 is 0.971 bits per heavy atom. The van der Waals surface area contributed by atoms with Crippen LogP contribution in [0.2, 0.25) is 10.0 Å². The van der Waals surface area contributed by atoms with E-state index >= 15 is 0 Å². The molecule has 4 aromatic rings. The molecular weight excluding hydrogens is 471 g/mol. The molecule has 0 bridgehead atoms. The lowest BCUT2D eigenvalue weighted by molar-refractivity contribution is 0.0986. The van der Waals surface area contributed by atoms with Crippen LogP contribution in [0.3, 0.4) is 0 Å². The number of aromatic nitrogens is 2. The first-order valence-electron chi connectivity index (χ1n) is 10.7. The molecule has 1 aliphatic heterocycles. The number of carbonyl (C=O) groups excluding carboxylic acids is 2. The van der Waals surface area contributed by atoms with E-state index in [4.69, 9.17) is 23.2 Å². The van der Waals surface area contributed by atoms with E-state index in [2.05, 4.69) is 10.4 Å². The normalized spacial score (nSPS) is 12.5. The smallest absolute Gasteiger partial charge is 0.258 e. The van der Waals surface area contributed by atoms with Crippen molar-refractivity contribution in [1.82, 2.24) is 9.78 Å². The maximum absolute atomic E-state index is 13.5. The number of nitrogens with one attached hydrogen (secondary N) is 1. The van der Waals surface area contributed by atoms with Gasteiger partial charge in [0.1, 0.15) is 0 Å². The quantitative estimate of drug-likeness (QED) is 0.391. The van der Waals surface area contributed by atoms with Gasteiger partial charge in [0.15, 0.2) is 0 Å². The van der Waals surface area contributed by atoms with Gasteiger partial charge in [-0.05, 0) is 54.4 Å². The topological polar surface area (TPSA) is 67.2 Å². The van der Waals surface area contributed by atoms with Gasteiger partial charge in [-0.1, -0.05) is 47.5 Å². The van der Waals surface area contributed by atoms with Crippen LogP contribution in [0, 0.1) is 0 Å². The highest BCUT2D eigenvalue weighted by Crippen LogP contribution is 2.36. The zero-order valence-electron chi connectivity index (χ0n) is 18.3. The van der Waals surface area contributed by atoms with Crippen LogP contribution in [-0.4, -0.2) is 28.1 Å². The molecule has 8 heteroatoms. The minimum Gasteiger partial charge on any atom is -0.322 e. The molecule has 0 spiro atoms. The van der Waals surface area contributed by atoms with Crippen molar-refractivity contribution in [2.24, 2.45) is 7.05 Å². The molecule has 2 heterocycles. The van der Waals surface area contributed by atoms with Crippen LogP contribution in [0.25, 0.3) is 11.3 Å². The molecule has 5 rings (SSSR count). The summed E-state index contributed by atoms with van der Waals surface area (Å²) >= 11 is 12.2. The maximum atomic E-state index is 13.5. The molecule has 0 atom stereocenters. The van der Waals surface area contributed by atoms with E-state index in [9.17, 15) is 9.59 Å². The highest BCUT2D eigenvalue weighted by molar-refractivity contribution is 6.44. The van der Waals surface area contributed by atoms with Crippen molar-refractivity contribution in [3.8, 4) is 11.3 Å². The Morgan fingerprint density at radius 3 is 2.53 bits per heavy atom. The van der Waals surface area contributed by atoms with Crippen molar-refractivity contribution in [3.63, 3.8) is 0 Å². The van der Waals surface area contributed by atoms with Gasteiger partial charge in [0.25, 0.3) is 11.8 Å². The largest absolute Gasteiger partial charge is 0.322 e. The van der Waals surface area contributed by atoms with Crippen LogP contribution in [-0.2, 0) is 13.5 Å². The summed E-state index contributed by atoms with van der Waals surface area (Å²) in [6.07, 6.45) is 2.71. The van der Waals surface area contributed by atoms with Crippen molar-refractivity contribution in [1.29, 1.82) is 0 Å². The van der Waals surface area contributed by atoms with Crippen LogP contribution >= 0.6 is 23.2 Å². The molecule has 34 heavy (non-hydrogen) atoms. The lowest BCUT2D eigenvalue weighted by atomic mass is 10.1. The number of benzene rings is 3. The third-order valence-corrected chi connectivity index (χ3v) is 6.61. The highest BCUT2D eigenvalue weighted by Gasteiger charge is 2.26. The van der Waals surface area contributed by atoms with Crippen molar-refractivity contribution >= 4 is 46.4 Å². The molecule has 1 aromatic heterocycles. The zero-order valence-corrected chi connectivity index (χ0v) is 19.8. The number of para-hydroxylation sites is 1. The summed E-state index contributed by atoms with van der Waals surface area (Å²) in [7, 11) is 1.90. The molecule has 1 aliphatic rings. The zero-order chi connectivity index (χ0) is 23.8. The first kappa shape index (κ1) is 22.2. The molecule has 0 aliphatic carbocycles. The average Bonchev–Trinajstić information content (AvgIpc) is 3.14. The lowest BCUT2D eigenvalue weighted by Crippen LogP contribution is -2.32. The first-order chi connectivity index (χ1) is 16.4. The number of hydrogen-bond donors (Lipinski definition) is 1. The van der Waals surface area contributed by atoms with Crippen molar-refractivity contribution in [2.45, 2.75) is 6.42 Å². The highest BCUT2D eigenvalue weighted by atomic mass is 35.5. The molecule has 0 unspecified atom stereocenters. The van der Waals surface area contributed by atoms with E-state index in [1.165, 1.54) is 0 Å². The molecule has 1 N–H and O–H groups in total. The Hall–Kier alpha value is -3.61. The third kappa shape index (κ3) is 4.06. The van der Waals surface area contributed by atoms with Crippen LogP contribution < -0.4 is 10.2 Å². The second-order valence-corrected chi connectivity index (χ2v) is 8.82. The predicted octanol–water partition coefficient (Wildman–Crippen LogP) is 5.85. The van der Waals surface area contributed by atoms with Gasteiger partial charge in [-0.15, -0.1) is 0 Å². The number of rotatable bonds is 3. The Balaban J connectivity index is 1.38. The van der Waals surface area contributed by atoms with Gasteiger partial charge in [-0.2, -0.15) is 5.10 Å². The van der Waals surface area contributed by atoms with Gasteiger partial charge in [0.2, 0.25) is 0 Å². The van der Waals surface area contributed by atoms with Crippen molar-refractivity contribution in [2.75, 3.05) is 16.8 Å². The summed E-state index contributed by atoms with van der Waals surface area (Å²) in [6.45, 7) is 0.542. The molecule has 170 valence electrons. The molecule has 2 amide bonds. The second-order valence-electron chi connectivity index (χ2n) is 8.03. The number of halogens is 2. The van der Waals surface area contributed by atoms with E-state index < -0.39 is 0 Å². The van der Waals surface area contributed by atoms with Gasteiger partial charge in [0.05, 0.1) is 27.0 Å². The summed E-state index contributed by atoms with van der Waals surface area (Å²) in [5, 5.41) is 7.92. The lowest BCUT2D eigenvalue weighted by Gasteiger charge is -2.23. The van der Waals surface area contributed by atoms with Crippen LogP contribution in [0.4, 0.5) is 11.4 Å². The molecule has 0 saturated heterocycles. The summed E-state index contributed by atoms with van der Waals surface area (Å²) < 4.78 is 1.81. The predicted molar refractivity (Wildman–Crippen MR) is 135 cm³/mol. The van der Waals surface area contributed by atoms with Gasteiger partial charge >= 0.3 is 0 Å². The van der Waals surface area contributed by atoms with Crippen LogP contribution in [0.15, 0.2) is 72.9 Å². The fourth-order valence-electron chi connectivity index (χ4n) is 4.15. The number of amides is 2. The van der Waals surface area contributed by atoms with E-state index in [0.717, 1.165) is 22.5 Å². The Morgan fingerprint density at radius 2 is 1.74 bits per heavy atom. The van der Waals surface area contributed by atoms with E-state index in [1.54, 1.807) is 47.4 Å². The fourth-order valence-corrected chi connectivity index (χ4v) is 4.54. The van der Waals surface area contributed by atoms with Gasteiger partial charge in [-0.25, -0.2) is 0 Å².